The number of nitrogens with zero attached hydrogens (tertiary/aromatic N) is 3. The van der Waals surface area contributed by atoms with Crippen LogP contribution in [0.2, 0.25) is 0 Å². The molecule has 0 radical (unpaired) electrons. The molecule has 0 saturated heterocycles. The predicted octanol–water partition coefficient (Wildman–Crippen LogP) is 2.74. The predicted molar refractivity (Wildman–Crippen MR) is 76.7 cm³/mol. The third-order valence-electron chi connectivity index (χ3n) is 3.64. The standard InChI is InChI=1S/C13H18N4OS/c1-2-19-13-15-11-10(12(18)16-13)8-14-17(11)9-6-4-3-5-7-9/h8-9H,2-7H2,1H3,(H,15,16,18). The highest BCUT2D eigenvalue weighted by Crippen LogP contribution is 2.29. The molecule has 1 fully saturated rings. The molecule has 2 aromatic heterocycles. The van der Waals surface area contributed by atoms with Crippen LogP contribution >= 0.6 is 11.8 Å². The fourth-order valence-corrected chi connectivity index (χ4v) is 3.30. The van der Waals surface area contributed by atoms with Crippen LogP contribution in [0.5, 0.6) is 0 Å². The molecule has 0 aromatic carbocycles. The zero-order valence-electron chi connectivity index (χ0n) is 11.1. The highest BCUT2D eigenvalue weighted by molar-refractivity contribution is 7.99. The highest BCUT2D eigenvalue weighted by Gasteiger charge is 2.20. The number of aromatic nitrogens is 4. The van der Waals surface area contributed by atoms with Gasteiger partial charge in [0.15, 0.2) is 10.8 Å². The molecule has 5 nitrogen and oxygen atoms in total. The molecule has 19 heavy (non-hydrogen) atoms. The fourth-order valence-electron chi connectivity index (χ4n) is 2.71. The molecule has 0 bridgehead atoms. The van der Waals surface area contributed by atoms with Crippen molar-refractivity contribution in [1.82, 2.24) is 19.7 Å². The van der Waals surface area contributed by atoms with E-state index >= 15 is 0 Å². The lowest BCUT2D eigenvalue weighted by Crippen LogP contribution is -2.16. The van der Waals surface area contributed by atoms with Gasteiger partial charge in [0.05, 0.1) is 12.2 Å². The van der Waals surface area contributed by atoms with Crippen molar-refractivity contribution in [3.05, 3.63) is 16.6 Å². The lowest BCUT2D eigenvalue weighted by molar-refractivity contribution is 0.335. The third-order valence-corrected chi connectivity index (χ3v) is 4.40. The summed E-state index contributed by atoms with van der Waals surface area (Å²) in [6, 6.07) is 0.403. The van der Waals surface area contributed by atoms with E-state index < -0.39 is 0 Å². The molecule has 1 N–H and O–H groups in total. The lowest BCUT2D eigenvalue weighted by atomic mass is 9.96. The molecular formula is C13H18N4OS. The normalized spacial score (nSPS) is 17.1. The summed E-state index contributed by atoms with van der Waals surface area (Å²) in [5.41, 5.74) is 0.662. The first kappa shape index (κ1) is 12.7. The second-order valence-corrected chi connectivity index (χ2v) is 6.18. The zero-order chi connectivity index (χ0) is 13.2. The number of rotatable bonds is 3. The summed E-state index contributed by atoms with van der Waals surface area (Å²) in [4.78, 5) is 19.4. The number of hydrogen-bond donors (Lipinski definition) is 1. The molecule has 0 aliphatic heterocycles. The van der Waals surface area contributed by atoms with Gasteiger partial charge < -0.3 is 4.98 Å². The van der Waals surface area contributed by atoms with Gasteiger partial charge in [0, 0.05) is 0 Å². The Morgan fingerprint density at radius 3 is 2.95 bits per heavy atom. The summed E-state index contributed by atoms with van der Waals surface area (Å²) in [5, 5.41) is 5.70. The first-order valence-corrected chi connectivity index (χ1v) is 7.88. The van der Waals surface area contributed by atoms with Crippen LogP contribution in [-0.2, 0) is 0 Å². The molecule has 2 aromatic rings. The smallest absolute Gasteiger partial charge is 0.262 e. The Morgan fingerprint density at radius 2 is 2.21 bits per heavy atom. The lowest BCUT2D eigenvalue weighted by Gasteiger charge is -2.22. The Labute approximate surface area is 115 Å². The SMILES string of the molecule is CCSc1nc2c(cnn2C2CCCCC2)c(=O)[nH]1. The van der Waals surface area contributed by atoms with Gasteiger partial charge in [-0.1, -0.05) is 37.9 Å². The minimum Gasteiger partial charge on any atom is -0.301 e. The first-order valence-electron chi connectivity index (χ1n) is 6.90. The molecule has 0 atom stereocenters. The molecule has 3 rings (SSSR count). The maximum Gasteiger partial charge on any atom is 0.262 e. The van der Waals surface area contributed by atoms with Gasteiger partial charge in [-0.15, -0.1) is 0 Å². The Balaban J connectivity index is 2.07. The Morgan fingerprint density at radius 1 is 1.42 bits per heavy atom. The van der Waals surface area contributed by atoms with Gasteiger partial charge in [-0.2, -0.15) is 5.10 Å². The number of hydrogen-bond acceptors (Lipinski definition) is 4. The largest absolute Gasteiger partial charge is 0.301 e. The van der Waals surface area contributed by atoms with Crippen LogP contribution in [0.1, 0.15) is 45.1 Å². The van der Waals surface area contributed by atoms with E-state index in [0.29, 0.717) is 16.6 Å². The molecule has 0 amide bonds. The third kappa shape index (κ3) is 2.41. The van der Waals surface area contributed by atoms with E-state index in [1.165, 1.54) is 19.3 Å². The van der Waals surface area contributed by atoms with Crippen molar-refractivity contribution in [2.75, 3.05) is 5.75 Å². The van der Waals surface area contributed by atoms with E-state index in [1.54, 1.807) is 18.0 Å². The summed E-state index contributed by atoms with van der Waals surface area (Å²) in [7, 11) is 0. The number of H-pyrrole nitrogens is 1. The van der Waals surface area contributed by atoms with Crippen molar-refractivity contribution < 1.29 is 0 Å². The Bertz CT molecular complexity index is 627. The number of thioether (sulfide) groups is 1. The zero-order valence-corrected chi connectivity index (χ0v) is 11.9. The quantitative estimate of drug-likeness (QED) is 0.692. The van der Waals surface area contributed by atoms with Crippen LogP contribution < -0.4 is 5.56 Å². The van der Waals surface area contributed by atoms with Crippen molar-refractivity contribution in [3.63, 3.8) is 0 Å². The maximum atomic E-state index is 12.0. The molecular weight excluding hydrogens is 260 g/mol. The van der Waals surface area contributed by atoms with Gasteiger partial charge in [-0.25, -0.2) is 9.67 Å². The van der Waals surface area contributed by atoms with E-state index in [2.05, 4.69) is 15.1 Å². The van der Waals surface area contributed by atoms with Crippen molar-refractivity contribution in [1.29, 1.82) is 0 Å². The number of fused-ring (bicyclic) bond motifs is 1. The topological polar surface area (TPSA) is 63.6 Å². The summed E-state index contributed by atoms with van der Waals surface area (Å²) in [6.45, 7) is 2.05. The molecule has 6 heteroatoms. The van der Waals surface area contributed by atoms with E-state index in [-0.39, 0.29) is 5.56 Å². The van der Waals surface area contributed by atoms with E-state index in [1.807, 2.05) is 11.6 Å². The molecule has 1 aliphatic rings. The van der Waals surface area contributed by atoms with Gasteiger partial charge in [-0.05, 0) is 18.6 Å². The van der Waals surface area contributed by atoms with Gasteiger partial charge in [0.1, 0.15) is 5.39 Å². The van der Waals surface area contributed by atoms with Crippen LogP contribution in [0.4, 0.5) is 0 Å². The minimum absolute atomic E-state index is 0.0805. The molecule has 2 heterocycles. The maximum absolute atomic E-state index is 12.0. The van der Waals surface area contributed by atoms with Crippen molar-refractivity contribution in [3.8, 4) is 0 Å². The van der Waals surface area contributed by atoms with Gasteiger partial charge in [0.25, 0.3) is 5.56 Å². The van der Waals surface area contributed by atoms with Crippen LogP contribution in [0.25, 0.3) is 11.0 Å². The number of nitrogens with one attached hydrogen (secondary N) is 1. The molecule has 0 spiro atoms. The monoisotopic (exact) mass is 278 g/mol. The first-order chi connectivity index (χ1) is 9.29. The molecule has 1 aliphatic carbocycles. The van der Waals surface area contributed by atoms with Gasteiger partial charge >= 0.3 is 0 Å². The second-order valence-electron chi connectivity index (χ2n) is 4.92. The van der Waals surface area contributed by atoms with Crippen LogP contribution in [0.15, 0.2) is 16.1 Å². The summed E-state index contributed by atoms with van der Waals surface area (Å²) < 4.78 is 1.96. The molecule has 1 saturated carbocycles. The average Bonchev–Trinajstić information content (AvgIpc) is 2.84. The Hall–Kier alpha value is -1.30. The van der Waals surface area contributed by atoms with Crippen LogP contribution in [0, 0.1) is 0 Å². The number of aromatic amines is 1. The van der Waals surface area contributed by atoms with Gasteiger partial charge in [-0.3, -0.25) is 4.79 Å². The molecule has 0 unspecified atom stereocenters. The van der Waals surface area contributed by atoms with Gasteiger partial charge in [0.2, 0.25) is 0 Å². The van der Waals surface area contributed by atoms with E-state index in [9.17, 15) is 4.79 Å². The van der Waals surface area contributed by atoms with Crippen molar-refractivity contribution in [2.24, 2.45) is 0 Å². The van der Waals surface area contributed by atoms with Crippen molar-refractivity contribution >= 4 is 22.8 Å². The van der Waals surface area contributed by atoms with Crippen LogP contribution in [0.3, 0.4) is 0 Å². The summed E-state index contributed by atoms with van der Waals surface area (Å²) in [5.74, 6) is 0.895. The highest BCUT2D eigenvalue weighted by atomic mass is 32.2. The minimum atomic E-state index is -0.0805. The van der Waals surface area contributed by atoms with Crippen molar-refractivity contribution in [2.45, 2.75) is 50.2 Å². The van der Waals surface area contributed by atoms with Crippen LogP contribution in [-0.4, -0.2) is 25.5 Å². The van der Waals surface area contributed by atoms with E-state index in [0.717, 1.165) is 24.2 Å². The summed E-state index contributed by atoms with van der Waals surface area (Å²) >= 11 is 1.56. The average molecular weight is 278 g/mol. The summed E-state index contributed by atoms with van der Waals surface area (Å²) in [6.07, 6.45) is 7.72. The Kier molecular flexibility index (Phi) is 3.59. The fraction of sp³-hybridized carbons (Fsp3) is 0.615. The molecule has 102 valence electrons. The second kappa shape index (κ2) is 5.36. The van der Waals surface area contributed by atoms with E-state index in [4.69, 9.17) is 0 Å².